The van der Waals surface area contributed by atoms with E-state index in [4.69, 9.17) is 4.74 Å². The van der Waals surface area contributed by atoms with E-state index < -0.39 is 0 Å². The van der Waals surface area contributed by atoms with Crippen molar-refractivity contribution in [2.24, 2.45) is 5.92 Å². The number of benzene rings is 1. The van der Waals surface area contributed by atoms with Gasteiger partial charge in [-0.15, -0.1) is 0 Å². The first kappa shape index (κ1) is 25.4. The summed E-state index contributed by atoms with van der Waals surface area (Å²) < 4.78 is 4.98. The monoisotopic (exact) mass is 506 g/mol. The maximum Gasteiger partial charge on any atom is 0.321 e. The average molecular weight is 507 g/mol. The number of rotatable bonds is 8. The molecule has 3 amide bonds. The molecule has 1 aromatic carbocycles. The molecule has 2 heterocycles. The highest BCUT2D eigenvalue weighted by atomic mass is 16.5. The van der Waals surface area contributed by atoms with E-state index in [1.54, 1.807) is 4.90 Å². The van der Waals surface area contributed by atoms with Crippen molar-refractivity contribution in [1.29, 1.82) is 0 Å². The summed E-state index contributed by atoms with van der Waals surface area (Å²) in [5.41, 5.74) is 1.54. The smallest absolute Gasteiger partial charge is 0.321 e. The Bertz CT molecular complexity index is 1090. The van der Waals surface area contributed by atoms with Crippen molar-refractivity contribution in [3.63, 3.8) is 0 Å². The van der Waals surface area contributed by atoms with E-state index in [1.807, 2.05) is 0 Å². The Balaban J connectivity index is 1.32. The molecule has 1 saturated heterocycles. The van der Waals surface area contributed by atoms with Crippen LogP contribution in [0.4, 0.5) is 10.5 Å². The van der Waals surface area contributed by atoms with Crippen LogP contribution in [-0.2, 0) is 10.3 Å². The fourth-order valence-electron chi connectivity index (χ4n) is 6.37. The van der Waals surface area contributed by atoms with Crippen molar-refractivity contribution < 1.29 is 14.3 Å². The zero-order chi connectivity index (χ0) is 26.0. The average Bonchev–Trinajstić information content (AvgIpc) is 3.12. The molecule has 9 nitrogen and oxygen atoms in total. The SMILES string of the molecule is COc1ncc(NC(=O)CN2C[C@]3(CC[C@@](c4ccccc4)(N(C)C)CC3)N(CC3CCC3)C2=O)cn1. The number of aromatic nitrogens is 2. The van der Waals surface area contributed by atoms with Gasteiger partial charge in [0.2, 0.25) is 5.91 Å². The number of amides is 3. The normalized spacial score (nSPS) is 26.0. The maximum absolute atomic E-state index is 13.7. The van der Waals surface area contributed by atoms with Crippen LogP contribution in [0.2, 0.25) is 0 Å². The molecular weight excluding hydrogens is 468 g/mol. The number of ether oxygens (including phenoxy) is 1. The van der Waals surface area contributed by atoms with Crippen LogP contribution in [0, 0.1) is 5.92 Å². The predicted octanol–water partition coefficient (Wildman–Crippen LogP) is 3.73. The molecular formula is C28H38N6O3. The van der Waals surface area contributed by atoms with E-state index in [0.717, 1.165) is 32.2 Å². The van der Waals surface area contributed by atoms with Gasteiger partial charge in [-0.3, -0.25) is 9.69 Å². The third-order valence-corrected chi connectivity index (χ3v) is 8.83. The zero-order valence-corrected chi connectivity index (χ0v) is 22.2. The molecule has 3 aliphatic rings. The summed E-state index contributed by atoms with van der Waals surface area (Å²) in [6, 6.07) is 11.0. The predicted molar refractivity (Wildman–Crippen MR) is 141 cm³/mol. The topological polar surface area (TPSA) is 90.9 Å². The first-order valence-electron chi connectivity index (χ1n) is 13.3. The minimum atomic E-state index is -0.245. The van der Waals surface area contributed by atoms with Crippen molar-refractivity contribution >= 4 is 17.6 Å². The van der Waals surface area contributed by atoms with Crippen LogP contribution in [0.25, 0.3) is 0 Å². The minimum Gasteiger partial charge on any atom is -0.467 e. The summed E-state index contributed by atoms with van der Waals surface area (Å²) >= 11 is 0. The largest absolute Gasteiger partial charge is 0.467 e. The van der Waals surface area contributed by atoms with Crippen molar-refractivity contribution in [3.8, 4) is 6.01 Å². The highest BCUT2D eigenvalue weighted by molar-refractivity contribution is 5.94. The number of anilines is 1. The second-order valence-corrected chi connectivity index (χ2v) is 11.1. The maximum atomic E-state index is 13.7. The molecule has 9 heteroatoms. The Morgan fingerprint density at radius 1 is 1.11 bits per heavy atom. The van der Waals surface area contributed by atoms with Gasteiger partial charge in [-0.05, 0) is 64.1 Å². The van der Waals surface area contributed by atoms with Crippen molar-refractivity contribution in [2.75, 3.05) is 46.2 Å². The van der Waals surface area contributed by atoms with E-state index in [-0.39, 0.29) is 35.6 Å². The zero-order valence-electron chi connectivity index (χ0n) is 22.2. The molecule has 37 heavy (non-hydrogen) atoms. The quantitative estimate of drug-likeness (QED) is 0.587. The van der Waals surface area contributed by atoms with Crippen LogP contribution in [0.15, 0.2) is 42.7 Å². The van der Waals surface area contributed by atoms with Gasteiger partial charge >= 0.3 is 12.0 Å². The van der Waals surface area contributed by atoms with Crippen LogP contribution >= 0.6 is 0 Å². The highest BCUT2D eigenvalue weighted by Crippen LogP contribution is 2.49. The molecule has 2 saturated carbocycles. The van der Waals surface area contributed by atoms with E-state index >= 15 is 0 Å². The van der Waals surface area contributed by atoms with Crippen LogP contribution in [0.3, 0.4) is 0 Å². The molecule has 1 N–H and O–H groups in total. The Morgan fingerprint density at radius 2 is 1.78 bits per heavy atom. The third kappa shape index (κ3) is 4.89. The van der Waals surface area contributed by atoms with Gasteiger partial charge in [0.25, 0.3) is 0 Å². The van der Waals surface area contributed by atoms with Crippen LogP contribution in [0.1, 0.15) is 50.5 Å². The molecule has 1 aromatic heterocycles. The number of carbonyl (C=O) groups is 2. The van der Waals surface area contributed by atoms with Gasteiger partial charge in [0, 0.05) is 18.6 Å². The molecule has 1 spiro atoms. The van der Waals surface area contributed by atoms with Crippen molar-refractivity contribution in [3.05, 3.63) is 48.3 Å². The highest BCUT2D eigenvalue weighted by Gasteiger charge is 2.55. The van der Waals surface area contributed by atoms with Crippen molar-refractivity contribution in [2.45, 2.75) is 56.0 Å². The number of nitrogens with zero attached hydrogens (tertiary/aromatic N) is 5. The summed E-state index contributed by atoms with van der Waals surface area (Å²) in [5, 5.41) is 2.82. The Hall–Kier alpha value is -3.20. The van der Waals surface area contributed by atoms with E-state index in [1.165, 1.54) is 44.3 Å². The molecule has 1 aliphatic heterocycles. The van der Waals surface area contributed by atoms with Gasteiger partial charge in [0.15, 0.2) is 0 Å². The fourth-order valence-corrected chi connectivity index (χ4v) is 6.37. The number of nitrogens with one attached hydrogen (secondary N) is 1. The first-order chi connectivity index (χ1) is 17.8. The molecule has 0 bridgehead atoms. The molecule has 3 fully saturated rings. The van der Waals surface area contributed by atoms with Gasteiger partial charge in [0.05, 0.1) is 30.7 Å². The van der Waals surface area contributed by atoms with Gasteiger partial charge in [0.1, 0.15) is 6.54 Å². The minimum absolute atomic E-state index is 0.00917. The van der Waals surface area contributed by atoms with E-state index in [9.17, 15) is 9.59 Å². The van der Waals surface area contributed by atoms with Gasteiger partial charge in [-0.1, -0.05) is 36.8 Å². The van der Waals surface area contributed by atoms with Gasteiger partial charge in [-0.2, -0.15) is 0 Å². The number of hydrogen-bond donors (Lipinski definition) is 1. The summed E-state index contributed by atoms with van der Waals surface area (Å²) in [6.45, 7) is 1.40. The van der Waals surface area contributed by atoms with Gasteiger partial charge in [-0.25, -0.2) is 14.8 Å². The fraction of sp³-hybridized carbons (Fsp3) is 0.571. The lowest BCUT2D eigenvalue weighted by Gasteiger charge is -2.51. The lowest BCUT2D eigenvalue weighted by atomic mass is 9.68. The molecule has 2 aliphatic carbocycles. The van der Waals surface area contributed by atoms with E-state index in [0.29, 0.717) is 18.2 Å². The number of hydrogen-bond acceptors (Lipinski definition) is 6. The Labute approximate surface area is 219 Å². The lowest BCUT2D eigenvalue weighted by molar-refractivity contribution is -0.116. The Morgan fingerprint density at radius 3 is 2.35 bits per heavy atom. The molecule has 2 aromatic rings. The van der Waals surface area contributed by atoms with Crippen LogP contribution in [-0.4, -0.2) is 83.0 Å². The lowest BCUT2D eigenvalue weighted by Crippen LogP contribution is -2.56. The summed E-state index contributed by atoms with van der Waals surface area (Å²) in [6.07, 6.45) is 10.4. The second-order valence-electron chi connectivity index (χ2n) is 11.1. The van der Waals surface area contributed by atoms with Gasteiger partial charge < -0.3 is 19.9 Å². The molecule has 0 unspecified atom stereocenters. The summed E-state index contributed by atoms with van der Waals surface area (Å²) in [4.78, 5) is 40.9. The second kappa shape index (κ2) is 10.3. The molecule has 0 atom stereocenters. The van der Waals surface area contributed by atoms with Crippen LogP contribution in [0.5, 0.6) is 6.01 Å². The van der Waals surface area contributed by atoms with Crippen LogP contribution < -0.4 is 10.1 Å². The molecule has 0 radical (unpaired) electrons. The van der Waals surface area contributed by atoms with E-state index in [2.05, 4.69) is 69.5 Å². The number of carbonyl (C=O) groups excluding carboxylic acids is 2. The first-order valence-corrected chi connectivity index (χ1v) is 13.3. The summed E-state index contributed by atoms with van der Waals surface area (Å²) in [7, 11) is 5.82. The van der Waals surface area contributed by atoms with Crippen molar-refractivity contribution in [1.82, 2.24) is 24.7 Å². The number of urea groups is 1. The number of methoxy groups -OCH3 is 1. The molecule has 198 valence electrons. The summed E-state index contributed by atoms with van der Waals surface area (Å²) in [5.74, 6) is 0.325. The standard InChI is InChI=1S/C28H38N6O3/c1-32(2)28(22-10-5-4-6-11-22)14-12-27(13-15-28)20-33(26(36)34(27)18-21-8-7-9-21)19-24(35)31-23-16-29-25(37-3)30-17-23/h4-6,10-11,16-17,21H,7-9,12-15,18-20H2,1-3H3,(H,31,35)/t27-,28-. The Kier molecular flexibility index (Phi) is 7.07. The third-order valence-electron chi connectivity index (χ3n) is 8.83. The molecule has 5 rings (SSSR count).